The van der Waals surface area contributed by atoms with Crippen molar-refractivity contribution < 1.29 is 98.8 Å². The number of hydrogen-bond donors (Lipinski definition) is 2. The van der Waals surface area contributed by atoms with Gasteiger partial charge < -0.3 is 19.7 Å². The number of fused-ring (bicyclic) bond motifs is 8. The minimum Gasteiger partial charge on any atom is -0.396 e. The normalized spacial score (nSPS) is 32.8. The van der Waals surface area contributed by atoms with Crippen molar-refractivity contribution in [1.29, 1.82) is 0 Å². The third-order valence-electron chi connectivity index (χ3n) is 9.55. The van der Waals surface area contributed by atoms with Crippen LogP contribution in [0.2, 0.25) is 0 Å². The molecule has 0 aromatic carbocycles. The van der Waals surface area contributed by atoms with Crippen LogP contribution in [-0.4, -0.2) is 49.4 Å². The summed E-state index contributed by atoms with van der Waals surface area (Å²) in [4.78, 5) is 0. The van der Waals surface area contributed by atoms with E-state index in [1.807, 2.05) is 13.8 Å². The summed E-state index contributed by atoms with van der Waals surface area (Å²) >= 11 is 0. The van der Waals surface area contributed by atoms with Gasteiger partial charge in [-0.3, -0.25) is 13.7 Å². The van der Waals surface area contributed by atoms with Crippen molar-refractivity contribution in [1.82, 2.24) is 0 Å². The molecule has 0 saturated heterocycles. The quantitative estimate of drug-likeness (QED) is 0.219. The number of aliphatic hydroxyl groups is 2. The van der Waals surface area contributed by atoms with E-state index in [4.69, 9.17) is 33.4 Å². The molecule has 12 heteroatoms. The molecule has 6 rings (SSSR count). The van der Waals surface area contributed by atoms with E-state index in [0.29, 0.717) is 6.61 Å². The van der Waals surface area contributed by atoms with Gasteiger partial charge in [0.1, 0.15) is 27.4 Å². The van der Waals surface area contributed by atoms with E-state index in [1.165, 1.54) is 47.3 Å². The van der Waals surface area contributed by atoms with Crippen molar-refractivity contribution >= 4 is 27.4 Å². The summed E-state index contributed by atoms with van der Waals surface area (Å²) in [5, 5.41) is 17.0. The number of rotatable bonds is 7. The predicted molar refractivity (Wildman–Crippen MR) is 153 cm³/mol. The minimum atomic E-state index is -0.221. The molecule has 6 fully saturated rings. The van der Waals surface area contributed by atoms with Gasteiger partial charge in [-0.2, -0.15) is 0 Å². The van der Waals surface area contributed by atoms with Crippen LogP contribution < -0.4 is 0 Å². The molecule has 0 aliphatic heterocycles. The first-order chi connectivity index (χ1) is 18.0. The van der Waals surface area contributed by atoms with Crippen molar-refractivity contribution in [3.05, 3.63) is 0 Å². The third-order valence-corrected chi connectivity index (χ3v) is 9.55. The van der Waals surface area contributed by atoms with Crippen LogP contribution >= 0.6 is 27.4 Å². The van der Waals surface area contributed by atoms with Crippen LogP contribution in [0.15, 0.2) is 0 Å². The van der Waals surface area contributed by atoms with E-state index in [-0.39, 0.29) is 84.2 Å². The second kappa shape index (κ2) is 27.9. The summed E-state index contributed by atoms with van der Waals surface area (Å²) in [6.07, 6.45) is 14.2. The Morgan fingerprint density at radius 2 is 0.949 bits per heavy atom. The maximum Gasteiger partial charge on any atom is 0.138 e. The van der Waals surface area contributed by atoms with Crippen LogP contribution in [0.25, 0.3) is 0 Å². The largest absolute Gasteiger partial charge is 0.396 e. The fourth-order valence-corrected chi connectivity index (χ4v) is 6.87. The Morgan fingerprint density at radius 3 is 1.08 bits per heavy atom. The maximum absolute atomic E-state index is 8.70. The zero-order valence-corrected chi connectivity index (χ0v) is 33.2. The fourth-order valence-electron chi connectivity index (χ4n) is 6.87. The van der Waals surface area contributed by atoms with Gasteiger partial charge >= 0.3 is 0 Å². The first kappa shape index (κ1) is 45.8. The minimum absolute atomic E-state index is 0. The molecule has 2 radical (unpaired) electrons. The Hall–Kier alpha value is 2.35. The molecule has 7 nitrogen and oxygen atoms in total. The van der Waals surface area contributed by atoms with Crippen LogP contribution in [0.5, 0.6) is 0 Å². The van der Waals surface area contributed by atoms with Gasteiger partial charge in [-0.15, -0.1) is 0 Å². The molecule has 6 saturated carbocycles. The van der Waals surface area contributed by atoms with Gasteiger partial charge in [0.15, 0.2) is 0 Å². The zero-order valence-electron chi connectivity index (χ0n) is 24.6. The number of ether oxygens (including phenoxy) is 2. The molecule has 39 heavy (non-hydrogen) atoms. The molecule has 2 N–H and O–H groups in total. The number of methoxy groups -OCH3 is 1. The molecule has 6 aliphatic rings. The Bertz CT molecular complexity index is 469. The first-order valence-electron chi connectivity index (χ1n) is 14.0. The molecule has 0 aromatic heterocycles. The van der Waals surface area contributed by atoms with Gasteiger partial charge in [-0.1, -0.05) is 0 Å². The Morgan fingerprint density at radius 1 is 0.667 bits per heavy atom. The zero-order chi connectivity index (χ0) is 28.4. The van der Waals surface area contributed by atoms with Crippen molar-refractivity contribution in [2.45, 2.75) is 97.2 Å². The molecule has 0 amide bonds. The molecule has 2 unspecified atom stereocenters. The summed E-state index contributed by atoms with van der Waals surface area (Å²) in [6, 6.07) is 0. The van der Waals surface area contributed by atoms with Gasteiger partial charge in [-0.05, 0) is 132 Å². The Labute approximate surface area is 294 Å². The van der Waals surface area contributed by atoms with E-state index in [1.54, 1.807) is 92.8 Å². The molecule has 0 heterocycles. The van der Waals surface area contributed by atoms with Gasteiger partial charge in [0.2, 0.25) is 0 Å². The molecule has 0 aromatic rings. The Kier molecular flexibility index (Phi) is 32.7. The van der Waals surface area contributed by atoms with Crippen molar-refractivity contribution in [3.8, 4) is 0 Å². The predicted octanol–water partition coefficient (Wildman–Crippen LogP) is 6.72. The molecule has 224 valence electrons. The molecule has 0 bridgehead atoms. The summed E-state index contributed by atoms with van der Waals surface area (Å²) in [7, 11) is 6.81. The van der Waals surface area contributed by atoms with Crippen LogP contribution in [0.3, 0.4) is 0 Å². The second-order valence-corrected chi connectivity index (χ2v) is 11.0. The van der Waals surface area contributed by atoms with Crippen LogP contribution in [-0.2, 0) is 88.6 Å². The van der Waals surface area contributed by atoms with E-state index < -0.39 is 0 Å². The Balaban J connectivity index is -0.000000410. The summed E-state index contributed by atoms with van der Waals surface area (Å²) in [5.41, 5.74) is 0. The number of aliphatic hydroxyl groups excluding tert-OH is 2. The molecular formula is C27H53O7P3Y2. The van der Waals surface area contributed by atoms with E-state index in [0.717, 1.165) is 19.4 Å². The standard InChI is InChI=1S/2C8H12.C6H14O2.C5H12O2.3HOP.2Y/c2*1-2-6-5(1)7-3-4-8(6)7;1-3-8-5-4-6(2)7;1-5(7-2)3-4-6;3*1-2;;/h2*5-8H,1-4H2;6-7H,3-5H2,1-2H3;5-6H,3-4H2,1-2H3;3*2H;;. The topological polar surface area (TPSA) is 110 Å². The van der Waals surface area contributed by atoms with Crippen molar-refractivity contribution in [2.24, 2.45) is 47.3 Å². The monoisotopic (exact) mass is 760 g/mol. The van der Waals surface area contributed by atoms with Crippen molar-refractivity contribution in [3.63, 3.8) is 0 Å². The van der Waals surface area contributed by atoms with E-state index >= 15 is 0 Å². The second-order valence-electron chi connectivity index (χ2n) is 11.0. The van der Waals surface area contributed by atoms with Gasteiger partial charge in [-0.25, -0.2) is 0 Å². The van der Waals surface area contributed by atoms with E-state index in [2.05, 4.69) is 0 Å². The summed E-state index contributed by atoms with van der Waals surface area (Å²) in [6.45, 7) is 7.27. The summed E-state index contributed by atoms with van der Waals surface area (Å²) < 4.78 is 34.0. The van der Waals surface area contributed by atoms with Gasteiger partial charge in [0.25, 0.3) is 0 Å². The van der Waals surface area contributed by atoms with Gasteiger partial charge in [0.05, 0.1) is 12.2 Å². The van der Waals surface area contributed by atoms with Crippen molar-refractivity contribution in [2.75, 3.05) is 26.9 Å². The summed E-state index contributed by atoms with van der Waals surface area (Å²) in [5.74, 6) is 9.95. The van der Waals surface area contributed by atoms with E-state index in [9.17, 15) is 0 Å². The van der Waals surface area contributed by atoms with Crippen LogP contribution in [0.1, 0.15) is 85.0 Å². The fraction of sp³-hybridized carbons (Fsp3) is 1.00. The van der Waals surface area contributed by atoms with Gasteiger partial charge in [0, 0.05) is 92.3 Å². The average molecular weight is 760 g/mol. The maximum atomic E-state index is 8.70. The SMILES string of the molecule is C1CC2C1C1CCC21.C1CC2C1C1CCC21.CCOCCC(C)O.COC(C)CCO.O=P.O=P.O=P.[Y].[Y]. The molecule has 6 aliphatic carbocycles. The molecule has 0 spiro atoms. The molecular weight excluding hydrogens is 707 g/mol. The average Bonchev–Trinajstić information content (AvgIpc) is 2.89. The molecule has 2 atom stereocenters. The first-order valence-corrected chi connectivity index (χ1v) is 15.2. The van der Waals surface area contributed by atoms with Crippen LogP contribution in [0.4, 0.5) is 0 Å². The third kappa shape index (κ3) is 14.3. The van der Waals surface area contributed by atoms with Crippen LogP contribution in [0, 0.1) is 47.3 Å². The number of hydrogen-bond acceptors (Lipinski definition) is 7. The smallest absolute Gasteiger partial charge is 0.138 e.